The van der Waals surface area contributed by atoms with Gasteiger partial charge in [0.15, 0.2) is 11.5 Å². The van der Waals surface area contributed by atoms with Crippen molar-refractivity contribution in [1.29, 1.82) is 0 Å². The molecule has 0 aromatic heterocycles. The van der Waals surface area contributed by atoms with Crippen LogP contribution in [0, 0.1) is 5.82 Å². The van der Waals surface area contributed by atoms with Crippen molar-refractivity contribution >= 4 is 38.7 Å². The van der Waals surface area contributed by atoms with Crippen molar-refractivity contribution in [2.45, 2.75) is 45.1 Å². The maximum Gasteiger partial charge on any atom is 0.410 e. The van der Waals surface area contributed by atoms with Crippen LogP contribution in [0.2, 0.25) is 0 Å². The van der Waals surface area contributed by atoms with E-state index in [9.17, 15) is 18.0 Å². The van der Waals surface area contributed by atoms with Gasteiger partial charge in [0, 0.05) is 18.4 Å². The first-order valence-electron chi connectivity index (χ1n) is 13.3. The van der Waals surface area contributed by atoms with Crippen LogP contribution in [0.3, 0.4) is 0 Å². The molecule has 0 radical (unpaired) electrons. The molecule has 3 aromatic rings. The summed E-state index contributed by atoms with van der Waals surface area (Å²) in [5.74, 6) is -1.70. The third-order valence-corrected chi connectivity index (χ3v) is 8.13. The van der Waals surface area contributed by atoms with Crippen molar-refractivity contribution in [2.75, 3.05) is 30.5 Å². The zero-order valence-electron chi connectivity index (χ0n) is 23.4. The number of benzene rings is 3. The van der Waals surface area contributed by atoms with E-state index >= 15 is 8.78 Å². The molecule has 2 aliphatic heterocycles. The lowest BCUT2D eigenvalue weighted by molar-refractivity contribution is -0.117. The number of carbonyl (C=O) groups excluding carboxylic acids is 2. The molecule has 5 rings (SSSR count). The van der Waals surface area contributed by atoms with E-state index in [1.165, 1.54) is 23.1 Å². The number of likely N-dealkylation sites (tertiary alicyclic amines) is 1. The molecule has 0 spiro atoms. The molecule has 10 nitrogen and oxygen atoms in total. The SMILES string of the molecule is CC(C)(C)OC(=O)N1CCC(F)(COc2ccc3cc(OCc4ccccc4)c(N4CC(=O)NS4(=O)=O)c(F)c3c2)C1. The van der Waals surface area contributed by atoms with Gasteiger partial charge >= 0.3 is 16.3 Å². The molecule has 0 aliphatic carbocycles. The summed E-state index contributed by atoms with van der Waals surface area (Å²) in [7, 11) is -4.36. The van der Waals surface area contributed by atoms with Crippen molar-refractivity contribution in [1.82, 2.24) is 9.62 Å². The molecule has 3 aromatic carbocycles. The Morgan fingerprint density at radius 1 is 1.10 bits per heavy atom. The fourth-order valence-corrected chi connectivity index (χ4v) is 5.92. The molecule has 2 amide bonds. The minimum absolute atomic E-state index is 0.0150. The van der Waals surface area contributed by atoms with Crippen LogP contribution < -0.4 is 18.5 Å². The van der Waals surface area contributed by atoms with Gasteiger partial charge in [0.05, 0.1) is 6.54 Å². The molecule has 0 bridgehead atoms. The fourth-order valence-electron chi connectivity index (χ4n) is 4.76. The Kier molecular flexibility index (Phi) is 7.64. The van der Waals surface area contributed by atoms with Crippen LogP contribution in [0.4, 0.5) is 19.3 Å². The number of nitrogens with zero attached hydrogens (tertiary/aromatic N) is 2. The van der Waals surface area contributed by atoms with Gasteiger partial charge in [-0.25, -0.2) is 22.6 Å². The Balaban J connectivity index is 1.41. The van der Waals surface area contributed by atoms with Crippen molar-refractivity contribution in [3.8, 4) is 11.5 Å². The zero-order chi connectivity index (χ0) is 30.3. The second kappa shape index (κ2) is 10.9. The van der Waals surface area contributed by atoms with E-state index in [0.717, 1.165) is 5.56 Å². The molecule has 0 saturated carbocycles. The number of hydrogen-bond acceptors (Lipinski definition) is 7. The van der Waals surface area contributed by atoms with Gasteiger partial charge in [0.1, 0.15) is 42.5 Å². The second-order valence-electron chi connectivity index (χ2n) is 11.3. The third kappa shape index (κ3) is 6.35. The summed E-state index contributed by atoms with van der Waals surface area (Å²) in [5, 5.41) is 0.355. The van der Waals surface area contributed by atoms with Crippen LogP contribution in [0.1, 0.15) is 32.8 Å². The van der Waals surface area contributed by atoms with Crippen molar-refractivity contribution in [2.24, 2.45) is 0 Å². The average molecular weight is 604 g/mol. The number of rotatable bonds is 7. The number of hydrogen-bond donors (Lipinski definition) is 1. The number of amides is 2. The predicted octanol–water partition coefficient (Wildman–Crippen LogP) is 4.47. The van der Waals surface area contributed by atoms with Gasteiger partial charge < -0.3 is 19.1 Å². The summed E-state index contributed by atoms with van der Waals surface area (Å²) in [4.78, 5) is 25.6. The Labute approximate surface area is 242 Å². The molecule has 13 heteroatoms. The molecule has 2 heterocycles. The van der Waals surface area contributed by atoms with Gasteiger partial charge in [0.25, 0.3) is 5.91 Å². The van der Waals surface area contributed by atoms with Crippen LogP contribution >= 0.6 is 0 Å². The summed E-state index contributed by atoms with van der Waals surface area (Å²) in [6, 6.07) is 14.9. The number of fused-ring (bicyclic) bond motifs is 1. The smallest absolute Gasteiger partial charge is 0.410 e. The largest absolute Gasteiger partial charge is 0.490 e. The second-order valence-corrected chi connectivity index (χ2v) is 12.9. The van der Waals surface area contributed by atoms with E-state index in [-0.39, 0.29) is 43.0 Å². The molecular weight excluding hydrogens is 572 g/mol. The monoisotopic (exact) mass is 603 g/mol. The lowest BCUT2D eigenvalue weighted by Crippen LogP contribution is -2.39. The lowest BCUT2D eigenvalue weighted by Gasteiger charge is -2.25. The van der Waals surface area contributed by atoms with E-state index in [2.05, 4.69) is 0 Å². The predicted molar refractivity (Wildman–Crippen MR) is 151 cm³/mol. The molecule has 1 unspecified atom stereocenters. The Morgan fingerprint density at radius 3 is 2.50 bits per heavy atom. The minimum Gasteiger partial charge on any atom is -0.490 e. The zero-order valence-corrected chi connectivity index (χ0v) is 24.2. The third-order valence-electron chi connectivity index (χ3n) is 6.75. The minimum atomic E-state index is -4.36. The first-order chi connectivity index (χ1) is 19.7. The van der Waals surface area contributed by atoms with Crippen molar-refractivity contribution in [3.63, 3.8) is 0 Å². The maximum atomic E-state index is 16.1. The van der Waals surface area contributed by atoms with E-state index in [4.69, 9.17) is 14.2 Å². The van der Waals surface area contributed by atoms with Gasteiger partial charge in [-0.1, -0.05) is 36.4 Å². The molecular formula is C29H31F2N3O7S. The molecule has 224 valence electrons. The van der Waals surface area contributed by atoms with Gasteiger partial charge in [-0.3, -0.25) is 4.79 Å². The molecule has 42 heavy (non-hydrogen) atoms. The van der Waals surface area contributed by atoms with Gasteiger partial charge in [-0.15, -0.1) is 0 Å². The first kappa shape index (κ1) is 29.4. The molecule has 2 fully saturated rings. The first-order valence-corrected chi connectivity index (χ1v) is 14.7. The van der Waals surface area contributed by atoms with Gasteiger partial charge in [0.2, 0.25) is 0 Å². The number of nitrogens with one attached hydrogen (secondary N) is 1. The lowest BCUT2D eigenvalue weighted by atomic mass is 10.1. The summed E-state index contributed by atoms with van der Waals surface area (Å²) >= 11 is 0. The van der Waals surface area contributed by atoms with Crippen molar-refractivity contribution in [3.05, 3.63) is 66.0 Å². The van der Waals surface area contributed by atoms with Crippen LogP contribution in [0.15, 0.2) is 54.6 Å². The summed E-state index contributed by atoms with van der Waals surface area (Å²) < 4.78 is 76.3. The van der Waals surface area contributed by atoms with Crippen LogP contribution in [-0.2, 0) is 26.3 Å². The van der Waals surface area contributed by atoms with Gasteiger partial charge in [-0.2, -0.15) is 8.42 Å². The maximum absolute atomic E-state index is 16.1. The topological polar surface area (TPSA) is 114 Å². The molecule has 2 aliphatic rings. The molecule has 1 N–H and O–H groups in total. The van der Waals surface area contributed by atoms with E-state index in [0.29, 0.717) is 9.69 Å². The van der Waals surface area contributed by atoms with Crippen LogP contribution in [0.25, 0.3) is 10.8 Å². The highest BCUT2D eigenvalue weighted by Crippen LogP contribution is 2.41. The summed E-state index contributed by atoms with van der Waals surface area (Å²) in [5.41, 5.74) is -2.23. The molecule has 1 atom stereocenters. The standard InChI is InChI=1S/C29H31F2N3O7S/c1-28(2,3)41-27(36)33-12-11-29(31,17-33)18-40-21-10-9-20-13-23(39-16-19-7-5-4-6-8-19)26(25(30)22(20)14-21)34-15-24(35)32-42(34,37)38/h4-10,13-14H,11-12,15-18H2,1-3H3,(H,32,35). The fraction of sp³-hybridized carbons (Fsp3) is 0.379. The van der Waals surface area contributed by atoms with Crippen LogP contribution in [0.5, 0.6) is 11.5 Å². The highest BCUT2D eigenvalue weighted by molar-refractivity contribution is 7.92. The summed E-state index contributed by atoms with van der Waals surface area (Å²) in [6.45, 7) is 4.12. The number of alkyl halides is 1. The molecule has 2 saturated heterocycles. The van der Waals surface area contributed by atoms with E-state index in [1.807, 2.05) is 10.8 Å². The Morgan fingerprint density at radius 2 is 1.83 bits per heavy atom. The normalized spacial score (nSPS) is 20.1. The number of halogens is 2. The average Bonchev–Trinajstić information content (AvgIpc) is 3.44. The highest BCUT2D eigenvalue weighted by Gasteiger charge is 2.43. The van der Waals surface area contributed by atoms with E-state index in [1.54, 1.807) is 51.1 Å². The van der Waals surface area contributed by atoms with Crippen molar-refractivity contribution < 1.29 is 41.0 Å². The highest BCUT2D eigenvalue weighted by atomic mass is 32.2. The number of carbonyl (C=O) groups is 2. The van der Waals surface area contributed by atoms with Crippen LogP contribution in [-0.4, -0.2) is 62.8 Å². The summed E-state index contributed by atoms with van der Waals surface area (Å²) in [6.07, 6.45) is -0.577. The van der Waals surface area contributed by atoms with Gasteiger partial charge in [-0.05, 0) is 49.9 Å². The number of anilines is 1. The Bertz CT molecular complexity index is 1630. The number of ether oxygens (including phenoxy) is 3. The quantitative estimate of drug-likeness (QED) is 0.424. The van der Waals surface area contributed by atoms with E-state index < -0.39 is 58.1 Å². The Hall–Kier alpha value is -4.13.